The predicted octanol–water partition coefficient (Wildman–Crippen LogP) is 1.80. The summed E-state index contributed by atoms with van der Waals surface area (Å²) in [7, 11) is -1.86. The molecule has 0 amide bonds. The topological polar surface area (TPSA) is 75.6 Å². The monoisotopic (exact) mass is 400 g/mol. The lowest BCUT2D eigenvalue weighted by Crippen LogP contribution is -2.60. The average Bonchev–Trinajstić information content (AvgIpc) is 3.14. The first-order chi connectivity index (χ1) is 13.5. The average molecular weight is 401 g/mol. The molecular formula is C20H24N4O3S. The Morgan fingerprint density at radius 1 is 1.07 bits per heavy atom. The first-order valence-electron chi connectivity index (χ1n) is 9.86. The van der Waals surface area contributed by atoms with Crippen molar-refractivity contribution < 1.29 is 13.2 Å². The van der Waals surface area contributed by atoms with Gasteiger partial charge in [-0.1, -0.05) is 0 Å². The molecule has 28 heavy (non-hydrogen) atoms. The lowest BCUT2D eigenvalue weighted by molar-refractivity contribution is 0.309. The van der Waals surface area contributed by atoms with Crippen LogP contribution in [0.15, 0.2) is 29.2 Å². The van der Waals surface area contributed by atoms with Crippen LogP contribution in [-0.4, -0.2) is 55.7 Å². The van der Waals surface area contributed by atoms with E-state index in [2.05, 4.69) is 21.2 Å². The van der Waals surface area contributed by atoms with Crippen molar-refractivity contribution in [3.05, 3.63) is 41.1 Å². The van der Waals surface area contributed by atoms with Crippen molar-refractivity contribution in [1.82, 2.24) is 14.5 Å². The van der Waals surface area contributed by atoms with Crippen LogP contribution < -0.4 is 9.64 Å². The molecule has 1 saturated heterocycles. The van der Waals surface area contributed by atoms with Gasteiger partial charge in [-0.15, -0.1) is 5.10 Å². The molecule has 1 aromatic heterocycles. The van der Waals surface area contributed by atoms with Gasteiger partial charge in [0.25, 0.3) is 0 Å². The number of aryl methyl sites for hydroxylation is 2. The van der Waals surface area contributed by atoms with E-state index < -0.39 is 10.0 Å². The van der Waals surface area contributed by atoms with Crippen LogP contribution in [0.25, 0.3) is 0 Å². The third-order valence-corrected chi connectivity index (χ3v) is 8.00. The molecule has 2 aliphatic heterocycles. The van der Waals surface area contributed by atoms with Gasteiger partial charge in [0.2, 0.25) is 10.0 Å². The maximum absolute atomic E-state index is 13.0. The molecular weight excluding hydrogens is 376 g/mol. The van der Waals surface area contributed by atoms with Gasteiger partial charge in [0.1, 0.15) is 5.75 Å². The van der Waals surface area contributed by atoms with Gasteiger partial charge < -0.3 is 9.64 Å². The fraction of sp³-hybridized carbons (Fsp3) is 0.500. The van der Waals surface area contributed by atoms with Crippen LogP contribution in [0.1, 0.15) is 29.7 Å². The molecule has 148 valence electrons. The number of benzene rings is 1. The number of fused-ring (bicyclic) bond motifs is 2. The van der Waals surface area contributed by atoms with E-state index in [1.807, 2.05) is 0 Å². The molecule has 0 N–H and O–H groups in total. The van der Waals surface area contributed by atoms with Gasteiger partial charge in [0.15, 0.2) is 5.82 Å². The van der Waals surface area contributed by atoms with E-state index in [0.29, 0.717) is 24.6 Å². The lowest BCUT2D eigenvalue weighted by Gasteiger charge is -2.43. The maximum atomic E-state index is 13.0. The number of anilines is 1. The van der Waals surface area contributed by atoms with E-state index in [1.165, 1.54) is 22.7 Å². The van der Waals surface area contributed by atoms with Crippen molar-refractivity contribution in [2.24, 2.45) is 0 Å². The van der Waals surface area contributed by atoms with Gasteiger partial charge in [0.05, 0.1) is 23.2 Å². The second-order valence-corrected chi connectivity index (χ2v) is 9.83. The van der Waals surface area contributed by atoms with Crippen molar-refractivity contribution in [3.63, 3.8) is 0 Å². The molecule has 5 rings (SSSR count). The zero-order valence-electron chi connectivity index (χ0n) is 16.0. The normalized spacial score (nSPS) is 19.1. The molecule has 7 nitrogen and oxygen atoms in total. The molecule has 0 saturated carbocycles. The van der Waals surface area contributed by atoms with E-state index in [-0.39, 0.29) is 6.04 Å². The zero-order valence-corrected chi connectivity index (χ0v) is 16.8. The van der Waals surface area contributed by atoms with Crippen molar-refractivity contribution >= 4 is 15.8 Å². The Kier molecular flexibility index (Phi) is 4.28. The Hall–Kier alpha value is -2.19. The first kappa shape index (κ1) is 17.9. The number of nitrogens with zero attached hydrogens (tertiary/aromatic N) is 4. The SMILES string of the molecule is CN(C1CN(c2cc3c(nn2)CCCC3)C1)S(=O)(=O)c1ccc2c(c1)CCO2. The van der Waals surface area contributed by atoms with E-state index >= 15 is 0 Å². The standard InChI is InChI=1S/C20H24N4O3S/c1-23(28(25,26)17-6-7-19-15(10-17)8-9-27-19)16-12-24(13-16)20-11-14-4-2-3-5-18(14)21-22-20/h6-7,10-11,16H,2-5,8-9,12-13H2,1H3. The maximum Gasteiger partial charge on any atom is 0.243 e. The Morgan fingerprint density at radius 2 is 1.89 bits per heavy atom. The fourth-order valence-corrected chi connectivity index (χ4v) is 5.58. The van der Waals surface area contributed by atoms with Gasteiger partial charge >= 0.3 is 0 Å². The first-order valence-corrected chi connectivity index (χ1v) is 11.3. The third kappa shape index (κ3) is 2.95. The van der Waals surface area contributed by atoms with Crippen LogP contribution >= 0.6 is 0 Å². The van der Waals surface area contributed by atoms with E-state index in [9.17, 15) is 8.42 Å². The quantitative estimate of drug-likeness (QED) is 0.779. The van der Waals surface area contributed by atoms with E-state index in [0.717, 1.165) is 42.1 Å². The molecule has 2 aromatic rings. The largest absolute Gasteiger partial charge is 0.493 e. The summed E-state index contributed by atoms with van der Waals surface area (Å²) in [5.41, 5.74) is 3.38. The highest BCUT2D eigenvalue weighted by Gasteiger charge is 2.38. The summed E-state index contributed by atoms with van der Waals surface area (Å²) in [6.07, 6.45) is 5.22. The second kappa shape index (κ2) is 6.70. The van der Waals surface area contributed by atoms with Crippen molar-refractivity contribution in [2.75, 3.05) is 31.6 Å². The zero-order chi connectivity index (χ0) is 19.3. The molecule has 1 aliphatic carbocycles. The Bertz CT molecular complexity index is 1020. The summed E-state index contributed by atoms with van der Waals surface area (Å²) < 4.78 is 33.1. The summed E-state index contributed by atoms with van der Waals surface area (Å²) in [6.45, 7) is 1.89. The summed E-state index contributed by atoms with van der Waals surface area (Å²) >= 11 is 0. The Labute approximate surface area is 165 Å². The number of hydrogen-bond donors (Lipinski definition) is 0. The minimum absolute atomic E-state index is 0.0627. The van der Waals surface area contributed by atoms with Gasteiger partial charge in [-0.3, -0.25) is 0 Å². The highest BCUT2D eigenvalue weighted by Crippen LogP contribution is 2.31. The minimum Gasteiger partial charge on any atom is -0.493 e. The summed E-state index contributed by atoms with van der Waals surface area (Å²) in [5.74, 6) is 1.65. The summed E-state index contributed by atoms with van der Waals surface area (Å²) in [6, 6.07) is 7.22. The predicted molar refractivity (Wildman–Crippen MR) is 105 cm³/mol. The number of likely N-dealkylation sites (N-methyl/N-ethyl adjacent to an activating group) is 1. The Morgan fingerprint density at radius 3 is 2.75 bits per heavy atom. The molecule has 0 bridgehead atoms. The smallest absolute Gasteiger partial charge is 0.243 e. The van der Waals surface area contributed by atoms with Crippen molar-refractivity contribution in [2.45, 2.75) is 43.0 Å². The highest BCUT2D eigenvalue weighted by atomic mass is 32.2. The van der Waals surface area contributed by atoms with Crippen LogP contribution in [0.5, 0.6) is 5.75 Å². The molecule has 1 aromatic carbocycles. The molecule has 3 heterocycles. The lowest BCUT2D eigenvalue weighted by atomic mass is 9.96. The molecule has 1 fully saturated rings. The fourth-order valence-electron chi connectivity index (χ4n) is 4.19. The Balaban J connectivity index is 1.29. The summed E-state index contributed by atoms with van der Waals surface area (Å²) in [5, 5.41) is 8.75. The van der Waals surface area contributed by atoms with Crippen LogP contribution in [0.3, 0.4) is 0 Å². The van der Waals surface area contributed by atoms with Gasteiger partial charge in [-0.2, -0.15) is 9.40 Å². The number of ether oxygens (including phenoxy) is 1. The third-order valence-electron chi connectivity index (χ3n) is 6.10. The van der Waals surface area contributed by atoms with E-state index in [1.54, 1.807) is 25.2 Å². The number of aromatic nitrogens is 2. The van der Waals surface area contributed by atoms with Crippen LogP contribution in [0.4, 0.5) is 5.82 Å². The molecule has 0 radical (unpaired) electrons. The van der Waals surface area contributed by atoms with Crippen LogP contribution in [-0.2, 0) is 29.3 Å². The van der Waals surface area contributed by atoms with Gasteiger partial charge in [-0.05, 0) is 61.1 Å². The second-order valence-electron chi connectivity index (χ2n) is 7.83. The van der Waals surface area contributed by atoms with Crippen LogP contribution in [0, 0.1) is 0 Å². The number of sulfonamides is 1. The molecule has 0 atom stereocenters. The van der Waals surface area contributed by atoms with Gasteiger partial charge in [0, 0.05) is 26.6 Å². The van der Waals surface area contributed by atoms with Crippen LogP contribution in [0.2, 0.25) is 0 Å². The molecule has 0 spiro atoms. The van der Waals surface area contributed by atoms with Crippen molar-refractivity contribution in [1.29, 1.82) is 0 Å². The van der Waals surface area contributed by atoms with Crippen molar-refractivity contribution in [3.8, 4) is 5.75 Å². The van der Waals surface area contributed by atoms with Gasteiger partial charge in [-0.25, -0.2) is 8.42 Å². The highest BCUT2D eigenvalue weighted by molar-refractivity contribution is 7.89. The number of rotatable bonds is 4. The minimum atomic E-state index is -3.53. The molecule has 3 aliphatic rings. The summed E-state index contributed by atoms with van der Waals surface area (Å²) in [4.78, 5) is 2.45. The molecule has 0 unspecified atom stereocenters. The molecule has 8 heteroatoms. The van der Waals surface area contributed by atoms with E-state index in [4.69, 9.17) is 4.74 Å². The number of hydrogen-bond acceptors (Lipinski definition) is 6.